The zero-order valence-corrected chi connectivity index (χ0v) is 8.04. The van der Waals surface area contributed by atoms with Gasteiger partial charge in [0.25, 0.3) is 0 Å². The Hall–Kier alpha value is -1.18. The van der Waals surface area contributed by atoms with E-state index in [0.717, 1.165) is 24.5 Å². The predicted molar refractivity (Wildman–Crippen MR) is 51.5 cm³/mol. The largest absolute Gasteiger partial charge is 0.497 e. The Balaban J connectivity index is 2.37. The van der Waals surface area contributed by atoms with E-state index in [-0.39, 0.29) is 0 Å². The van der Waals surface area contributed by atoms with E-state index < -0.39 is 0 Å². The van der Waals surface area contributed by atoms with Gasteiger partial charge in [0.1, 0.15) is 11.5 Å². The van der Waals surface area contributed by atoms with Gasteiger partial charge in [-0.15, -0.1) is 0 Å². The van der Waals surface area contributed by atoms with E-state index in [9.17, 15) is 0 Å². The topological polar surface area (TPSA) is 18.5 Å². The normalized spacial score (nSPS) is 19.4. The third-order valence-corrected chi connectivity index (χ3v) is 2.59. The molecule has 2 heteroatoms. The Bertz CT molecular complexity index is 307. The summed E-state index contributed by atoms with van der Waals surface area (Å²) in [5.41, 5.74) is 1.29. The molecule has 2 nitrogen and oxygen atoms in total. The Kier molecular flexibility index (Phi) is 2.13. The quantitative estimate of drug-likeness (QED) is 0.693. The van der Waals surface area contributed by atoms with Gasteiger partial charge in [0.15, 0.2) is 0 Å². The molecule has 2 rings (SSSR count). The van der Waals surface area contributed by atoms with E-state index in [1.165, 1.54) is 5.56 Å². The van der Waals surface area contributed by atoms with Gasteiger partial charge >= 0.3 is 0 Å². The second-order valence-corrected chi connectivity index (χ2v) is 3.32. The Labute approximate surface area is 78.5 Å². The molecule has 0 saturated heterocycles. The Morgan fingerprint density at radius 1 is 1.54 bits per heavy atom. The van der Waals surface area contributed by atoms with Crippen LogP contribution >= 0.6 is 0 Å². The highest BCUT2D eigenvalue weighted by molar-refractivity contribution is 5.44. The fourth-order valence-corrected chi connectivity index (χ4v) is 1.72. The van der Waals surface area contributed by atoms with Gasteiger partial charge in [-0.1, -0.05) is 6.92 Å². The molecule has 0 aromatic heterocycles. The van der Waals surface area contributed by atoms with E-state index in [4.69, 9.17) is 9.47 Å². The zero-order valence-electron chi connectivity index (χ0n) is 8.04. The van der Waals surface area contributed by atoms with Crippen molar-refractivity contribution in [3.63, 3.8) is 0 Å². The van der Waals surface area contributed by atoms with Crippen LogP contribution in [-0.4, -0.2) is 13.7 Å². The van der Waals surface area contributed by atoms with Crippen LogP contribution in [0, 0.1) is 0 Å². The summed E-state index contributed by atoms with van der Waals surface area (Å²) in [6.07, 6.45) is 1.13. The summed E-state index contributed by atoms with van der Waals surface area (Å²) in [5.74, 6) is 2.49. The molecule has 0 fully saturated rings. The summed E-state index contributed by atoms with van der Waals surface area (Å²) < 4.78 is 10.7. The number of fused-ring (bicyclic) bond motifs is 1. The molecule has 1 aliphatic heterocycles. The molecular formula is C11H14O2. The van der Waals surface area contributed by atoms with Crippen molar-refractivity contribution in [3.8, 4) is 11.5 Å². The number of rotatable bonds is 2. The number of benzene rings is 1. The van der Waals surface area contributed by atoms with Crippen molar-refractivity contribution in [2.75, 3.05) is 13.7 Å². The minimum Gasteiger partial charge on any atom is -0.497 e. The minimum atomic E-state index is 0.546. The third-order valence-electron chi connectivity index (χ3n) is 2.59. The lowest BCUT2D eigenvalue weighted by Crippen LogP contribution is -1.97. The van der Waals surface area contributed by atoms with Crippen LogP contribution in [0.1, 0.15) is 24.8 Å². The number of methoxy groups -OCH3 is 1. The molecule has 0 spiro atoms. The molecule has 0 bridgehead atoms. The van der Waals surface area contributed by atoms with Crippen molar-refractivity contribution < 1.29 is 9.47 Å². The summed E-state index contributed by atoms with van der Waals surface area (Å²) in [4.78, 5) is 0. The molecule has 1 aromatic rings. The van der Waals surface area contributed by atoms with E-state index in [1.807, 2.05) is 12.1 Å². The van der Waals surface area contributed by atoms with E-state index in [1.54, 1.807) is 7.11 Å². The number of hydrogen-bond donors (Lipinski definition) is 0. The van der Waals surface area contributed by atoms with Gasteiger partial charge < -0.3 is 9.47 Å². The van der Waals surface area contributed by atoms with Crippen LogP contribution in [0.2, 0.25) is 0 Å². The first-order valence-electron chi connectivity index (χ1n) is 4.66. The first-order valence-corrected chi connectivity index (χ1v) is 4.66. The summed E-state index contributed by atoms with van der Waals surface area (Å²) in [7, 11) is 1.69. The number of ether oxygens (including phenoxy) is 2. The molecule has 0 amide bonds. The van der Waals surface area contributed by atoms with Crippen LogP contribution in [0.25, 0.3) is 0 Å². The van der Waals surface area contributed by atoms with Crippen molar-refractivity contribution >= 4 is 0 Å². The average molecular weight is 178 g/mol. The van der Waals surface area contributed by atoms with Crippen LogP contribution in [0.4, 0.5) is 0 Å². The fourth-order valence-electron chi connectivity index (χ4n) is 1.72. The first kappa shape index (κ1) is 8.42. The molecule has 0 aliphatic carbocycles. The Morgan fingerprint density at radius 3 is 3.08 bits per heavy atom. The van der Waals surface area contributed by atoms with Crippen molar-refractivity contribution in [1.82, 2.24) is 0 Å². The summed E-state index contributed by atoms with van der Waals surface area (Å²) >= 11 is 0. The molecule has 0 radical (unpaired) electrons. The maximum absolute atomic E-state index is 5.55. The third kappa shape index (κ3) is 1.37. The van der Waals surface area contributed by atoms with Crippen LogP contribution in [-0.2, 0) is 0 Å². The Morgan fingerprint density at radius 2 is 2.38 bits per heavy atom. The van der Waals surface area contributed by atoms with Gasteiger partial charge in [-0.05, 0) is 24.6 Å². The van der Waals surface area contributed by atoms with Crippen molar-refractivity contribution in [1.29, 1.82) is 0 Å². The maximum atomic E-state index is 5.55. The lowest BCUT2D eigenvalue weighted by atomic mass is 9.99. The molecule has 70 valence electrons. The molecule has 1 aromatic carbocycles. The summed E-state index contributed by atoms with van der Waals surface area (Å²) in [6, 6.07) is 6.01. The highest BCUT2D eigenvalue weighted by atomic mass is 16.5. The molecule has 13 heavy (non-hydrogen) atoms. The summed E-state index contributed by atoms with van der Waals surface area (Å²) in [6.45, 7) is 3.00. The maximum Gasteiger partial charge on any atom is 0.123 e. The molecular weight excluding hydrogens is 164 g/mol. The zero-order chi connectivity index (χ0) is 9.26. The monoisotopic (exact) mass is 178 g/mol. The minimum absolute atomic E-state index is 0.546. The highest BCUT2D eigenvalue weighted by Crippen LogP contribution is 2.37. The van der Waals surface area contributed by atoms with Crippen LogP contribution < -0.4 is 9.47 Å². The van der Waals surface area contributed by atoms with Gasteiger partial charge in [-0.25, -0.2) is 0 Å². The van der Waals surface area contributed by atoms with Gasteiger partial charge in [0, 0.05) is 11.5 Å². The molecule has 0 N–H and O–H groups in total. The smallest absolute Gasteiger partial charge is 0.123 e. The lowest BCUT2D eigenvalue weighted by molar-refractivity contribution is 0.328. The fraction of sp³-hybridized carbons (Fsp3) is 0.455. The van der Waals surface area contributed by atoms with Crippen molar-refractivity contribution in [2.24, 2.45) is 0 Å². The molecule has 0 unspecified atom stereocenters. The van der Waals surface area contributed by atoms with Gasteiger partial charge in [-0.3, -0.25) is 0 Å². The van der Waals surface area contributed by atoms with Crippen molar-refractivity contribution in [2.45, 2.75) is 19.3 Å². The molecule has 1 heterocycles. The van der Waals surface area contributed by atoms with Gasteiger partial charge in [0.2, 0.25) is 0 Å². The van der Waals surface area contributed by atoms with Crippen LogP contribution in [0.15, 0.2) is 18.2 Å². The summed E-state index contributed by atoms with van der Waals surface area (Å²) in [5, 5.41) is 0. The van der Waals surface area contributed by atoms with Gasteiger partial charge in [-0.2, -0.15) is 0 Å². The van der Waals surface area contributed by atoms with Gasteiger partial charge in [0.05, 0.1) is 13.7 Å². The lowest BCUT2D eigenvalue weighted by Gasteiger charge is -2.05. The molecule has 1 atom stereocenters. The second-order valence-electron chi connectivity index (χ2n) is 3.32. The van der Waals surface area contributed by atoms with E-state index in [0.29, 0.717) is 5.92 Å². The van der Waals surface area contributed by atoms with E-state index in [2.05, 4.69) is 13.0 Å². The molecule has 0 saturated carbocycles. The number of hydrogen-bond acceptors (Lipinski definition) is 2. The highest BCUT2D eigenvalue weighted by Gasteiger charge is 2.22. The van der Waals surface area contributed by atoms with Crippen LogP contribution in [0.3, 0.4) is 0 Å². The first-order chi connectivity index (χ1) is 6.35. The SMILES string of the molecule is CC[C@H]1COc2ccc(OC)cc21. The second kappa shape index (κ2) is 3.29. The molecule has 1 aliphatic rings. The van der Waals surface area contributed by atoms with Crippen LogP contribution in [0.5, 0.6) is 11.5 Å². The predicted octanol–water partition coefficient (Wildman–Crippen LogP) is 2.58. The van der Waals surface area contributed by atoms with E-state index >= 15 is 0 Å². The average Bonchev–Trinajstić information content (AvgIpc) is 2.59. The standard InChI is InChI=1S/C11H14O2/c1-3-8-7-13-11-5-4-9(12-2)6-10(8)11/h4-6,8H,3,7H2,1-2H3/t8-/m0/s1. The van der Waals surface area contributed by atoms with Crippen molar-refractivity contribution in [3.05, 3.63) is 23.8 Å².